The van der Waals surface area contributed by atoms with Crippen LogP contribution in [-0.2, 0) is 0 Å². The quantitative estimate of drug-likeness (QED) is 0.297. The molecule has 1 saturated heterocycles. The molecule has 7 aliphatic carbocycles. The van der Waals surface area contributed by atoms with E-state index in [-0.39, 0.29) is 0 Å². The summed E-state index contributed by atoms with van der Waals surface area (Å²) in [5, 5.41) is 3.50. The first-order chi connectivity index (χ1) is 26.0. The number of anilines is 1. The minimum Gasteiger partial charge on any atom is -0.391 e. The van der Waals surface area contributed by atoms with Gasteiger partial charge in [0.1, 0.15) is 0 Å². The molecule has 0 bridgehead atoms. The summed E-state index contributed by atoms with van der Waals surface area (Å²) < 4.78 is 0. The third kappa shape index (κ3) is 6.03. The van der Waals surface area contributed by atoms with Crippen LogP contribution in [0.4, 0.5) is 5.69 Å². The van der Waals surface area contributed by atoms with E-state index in [0.29, 0.717) is 41.3 Å². The Morgan fingerprint density at radius 1 is 0.792 bits per heavy atom. The molecule has 3 nitrogen and oxygen atoms in total. The first kappa shape index (κ1) is 34.2. The fourth-order valence-corrected chi connectivity index (χ4v) is 13.7. The Bertz CT molecular complexity index is 1760. The van der Waals surface area contributed by atoms with E-state index in [1.807, 2.05) is 0 Å². The highest BCUT2D eigenvalue weighted by Gasteiger charge is 2.56. The van der Waals surface area contributed by atoms with Gasteiger partial charge in [-0.1, -0.05) is 105 Å². The minimum absolute atomic E-state index is 0.339. The zero-order chi connectivity index (χ0) is 35.5. The van der Waals surface area contributed by atoms with Crippen LogP contribution in [0.2, 0.25) is 0 Å². The van der Waals surface area contributed by atoms with Gasteiger partial charge in [0.15, 0.2) is 0 Å². The molecule has 0 spiro atoms. The highest BCUT2D eigenvalue weighted by molar-refractivity contribution is 5.54. The van der Waals surface area contributed by atoms with E-state index in [1.165, 1.54) is 87.5 Å². The molecule has 0 aromatic heterocycles. The maximum atomic E-state index is 3.50. The van der Waals surface area contributed by atoms with Gasteiger partial charge in [0.25, 0.3) is 0 Å². The van der Waals surface area contributed by atoms with Crippen LogP contribution in [0.15, 0.2) is 121 Å². The third-order valence-electron chi connectivity index (χ3n) is 16.2. The highest BCUT2D eigenvalue weighted by atomic mass is 15.3. The maximum absolute atomic E-state index is 3.50. The molecule has 12 unspecified atom stereocenters. The lowest BCUT2D eigenvalue weighted by Gasteiger charge is -2.47. The van der Waals surface area contributed by atoms with E-state index < -0.39 is 0 Å². The summed E-state index contributed by atoms with van der Waals surface area (Å²) in [7, 11) is 0. The van der Waals surface area contributed by atoms with Gasteiger partial charge in [-0.05, 0) is 147 Å². The first-order valence-corrected chi connectivity index (χ1v) is 21.9. The molecule has 3 saturated carbocycles. The molecule has 2 heterocycles. The number of likely N-dealkylation sites (tertiary alicyclic amines) is 1. The second-order valence-electron chi connectivity index (χ2n) is 18.9. The largest absolute Gasteiger partial charge is 0.391 e. The average Bonchev–Trinajstić information content (AvgIpc) is 3.67. The van der Waals surface area contributed by atoms with Crippen LogP contribution < -0.4 is 10.2 Å². The number of nitrogens with zero attached hydrogens (tertiary/aromatic N) is 2. The van der Waals surface area contributed by atoms with Crippen LogP contribution in [0.5, 0.6) is 0 Å². The smallest absolute Gasteiger partial charge is 0.0514 e. The zero-order valence-electron chi connectivity index (χ0n) is 32.4. The zero-order valence-corrected chi connectivity index (χ0v) is 32.4. The van der Waals surface area contributed by atoms with Crippen molar-refractivity contribution in [2.24, 2.45) is 40.9 Å². The molecule has 2 aliphatic heterocycles. The monoisotopic (exact) mass is 706 g/mol. The van der Waals surface area contributed by atoms with Gasteiger partial charge < -0.3 is 10.2 Å². The summed E-state index contributed by atoms with van der Waals surface area (Å²) in [6.07, 6.45) is 49.6. The predicted octanol–water partition coefficient (Wildman–Crippen LogP) is 11.0. The van der Waals surface area contributed by atoms with Gasteiger partial charge >= 0.3 is 0 Å². The molecule has 53 heavy (non-hydrogen) atoms. The topological polar surface area (TPSA) is 18.5 Å². The van der Waals surface area contributed by atoms with Gasteiger partial charge in [-0.3, -0.25) is 4.90 Å². The molecule has 3 heteroatoms. The van der Waals surface area contributed by atoms with E-state index in [9.17, 15) is 0 Å². The van der Waals surface area contributed by atoms with Crippen molar-refractivity contribution < 1.29 is 0 Å². The van der Waals surface area contributed by atoms with Crippen LogP contribution in [0.25, 0.3) is 0 Å². The normalized spacial score (nSPS) is 40.8. The lowest BCUT2D eigenvalue weighted by atomic mass is 9.67. The third-order valence-corrected chi connectivity index (χ3v) is 16.2. The molecule has 12 atom stereocenters. The molecule has 278 valence electrons. The molecule has 1 N–H and O–H groups in total. The number of rotatable bonds is 6. The lowest BCUT2D eigenvalue weighted by Crippen LogP contribution is -2.48. The van der Waals surface area contributed by atoms with Crippen LogP contribution in [0.3, 0.4) is 0 Å². The van der Waals surface area contributed by atoms with E-state index in [0.717, 1.165) is 48.7 Å². The summed E-state index contributed by atoms with van der Waals surface area (Å²) in [6.45, 7) is 6.29. The van der Waals surface area contributed by atoms with Crippen LogP contribution in [-0.4, -0.2) is 41.7 Å². The van der Waals surface area contributed by atoms with Crippen LogP contribution >= 0.6 is 0 Å². The Kier molecular flexibility index (Phi) is 9.09. The number of nitrogens with one attached hydrogen (secondary N) is 1. The molecule has 4 fully saturated rings. The fraction of sp³-hybridized carbons (Fsp3) is 0.560. The summed E-state index contributed by atoms with van der Waals surface area (Å²) in [5.41, 5.74) is 6.30. The van der Waals surface area contributed by atoms with Gasteiger partial charge in [0.05, 0.1) is 6.04 Å². The van der Waals surface area contributed by atoms with Crippen LogP contribution in [0.1, 0.15) is 102 Å². The Hall–Kier alpha value is -3.30. The molecule has 1 aromatic rings. The van der Waals surface area contributed by atoms with Crippen molar-refractivity contribution in [1.82, 2.24) is 10.2 Å². The average molecular weight is 706 g/mol. The van der Waals surface area contributed by atoms with Crippen molar-refractivity contribution in [2.75, 3.05) is 11.4 Å². The number of allylic oxidation sites excluding steroid dienone is 10. The highest BCUT2D eigenvalue weighted by Crippen LogP contribution is 2.61. The molecule has 0 amide bonds. The number of hydrogen-bond acceptors (Lipinski definition) is 3. The van der Waals surface area contributed by atoms with E-state index >= 15 is 0 Å². The lowest BCUT2D eigenvalue weighted by molar-refractivity contribution is 0.101. The first-order valence-electron chi connectivity index (χ1n) is 21.9. The second kappa shape index (κ2) is 14.1. The Morgan fingerprint density at radius 3 is 2.43 bits per heavy atom. The van der Waals surface area contributed by atoms with Gasteiger partial charge in [0.2, 0.25) is 0 Å². The SMILES string of the molecule is CC1(C)C2C=CC=CC2C2CCC(N(c3ccc(C4CCC5C(C4)C4C=CC=CC4N5C4CC=CCC4)cc3)C3C=CC(C4=CNCCC4)=CC3)CC21. The molecular weight excluding hydrogens is 643 g/mol. The van der Waals surface area contributed by atoms with Crippen molar-refractivity contribution in [3.05, 3.63) is 126 Å². The van der Waals surface area contributed by atoms with Crippen molar-refractivity contribution in [2.45, 2.75) is 127 Å². The number of fused-ring (bicyclic) bond motifs is 6. The minimum atomic E-state index is 0.339. The molecule has 10 rings (SSSR count). The Balaban J connectivity index is 0.905. The fourth-order valence-electron chi connectivity index (χ4n) is 13.7. The van der Waals surface area contributed by atoms with Gasteiger partial charge in [-0.2, -0.15) is 0 Å². The van der Waals surface area contributed by atoms with Crippen molar-refractivity contribution in [1.29, 1.82) is 0 Å². The Morgan fingerprint density at radius 2 is 1.64 bits per heavy atom. The molecule has 0 radical (unpaired) electrons. The Labute approximate surface area is 320 Å². The number of benzene rings is 1. The van der Waals surface area contributed by atoms with Gasteiger partial charge in [-0.25, -0.2) is 0 Å². The summed E-state index contributed by atoms with van der Waals surface area (Å²) in [6, 6.07) is 13.2. The van der Waals surface area contributed by atoms with Crippen molar-refractivity contribution in [3.8, 4) is 0 Å². The predicted molar refractivity (Wildman–Crippen MR) is 222 cm³/mol. The molecular formula is C50H63N3. The van der Waals surface area contributed by atoms with E-state index in [4.69, 9.17) is 0 Å². The second-order valence-corrected chi connectivity index (χ2v) is 18.9. The standard InChI is InChI=1S/C50H63N3/c1-50(2)46-16-8-6-14-42(46)43-28-27-41(32-47(43)50)52(40-25-20-35(21-26-40)37-11-10-30-51-33-37)39-23-18-34(19-24-39)36-22-29-49-45(31-36)44-15-7-9-17-48(44)53(49)38-12-4-3-5-13-38/h3-4,6-9,14-21,23-25,33,36,38,40-49,51H,5,10-13,22,26-32H2,1-2H3. The van der Waals surface area contributed by atoms with Crippen LogP contribution in [0, 0.1) is 40.9 Å². The van der Waals surface area contributed by atoms with E-state index in [2.05, 4.69) is 138 Å². The number of hydrogen-bond donors (Lipinski definition) is 1. The maximum Gasteiger partial charge on any atom is 0.0514 e. The van der Waals surface area contributed by atoms with Gasteiger partial charge in [0, 0.05) is 48.5 Å². The summed E-state index contributed by atoms with van der Waals surface area (Å²) in [5.74, 6) is 5.10. The van der Waals surface area contributed by atoms with Crippen molar-refractivity contribution >= 4 is 5.69 Å². The molecule has 1 aromatic carbocycles. The van der Waals surface area contributed by atoms with Gasteiger partial charge in [-0.15, -0.1) is 0 Å². The van der Waals surface area contributed by atoms with E-state index in [1.54, 1.807) is 5.56 Å². The van der Waals surface area contributed by atoms with Crippen molar-refractivity contribution in [3.63, 3.8) is 0 Å². The summed E-state index contributed by atoms with van der Waals surface area (Å²) >= 11 is 0. The summed E-state index contributed by atoms with van der Waals surface area (Å²) in [4.78, 5) is 5.89. The molecule has 9 aliphatic rings.